The first kappa shape index (κ1) is 11.6. The van der Waals surface area contributed by atoms with Crippen molar-refractivity contribution in [1.29, 1.82) is 0 Å². The van der Waals surface area contributed by atoms with Crippen molar-refractivity contribution < 1.29 is 9.90 Å². The zero-order valence-corrected chi connectivity index (χ0v) is 9.61. The van der Waals surface area contributed by atoms with Gasteiger partial charge in [-0.25, -0.2) is 0 Å². The van der Waals surface area contributed by atoms with Crippen molar-refractivity contribution in [3.8, 4) is 5.75 Å². The molecule has 0 heterocycles. The third-order valence-electron chi connectivity index (χ3n) is 2.54. The van der Waals surface area contributed by atoms with Gasteiger partial charge in [-0.2, -0.15) is 0 Å². The molecule has 0 aliphatic rings. The van der Waals surface area contributed by atoms with E-state index in [9.17, 15) is 9.90 Å². The summed E-state index contributed by atoms with van der Waals surface area (Å²) in [7, 11) is 1.95. The van der Waals surface area contributed by atoms with Crippen LogP contribution in [0.4, 0.5) is 5.69 Å². The number of hydrogen-bond donors (Lipinski definition) is 1. The van der Waals surface area contributed by atoms with Crippen molar-refractivity contribution in [3.63, 3.8) is 0 Å². The molecule has 3 nitrogen and oxygen atoms in total. The van der Waals surface area contributed by atoms with Gasteiger partial charge in [-0.3, -0.25) is 4.79 Å². The second-order valence-electron chi connectivity index (χ2n) is 3.96. The molecule has 0 saturated heterocycles. The van der Waals surface area contributed by atoms with E-state index in [0.29, 0.717) is 11.6 Å². The molecule has 1 aromatic carbocycles. The Hall–Kier alpha value is -1.51. The van der Waals surface area contributed by atoms with E-state index in [4.69, 9.17) is 0 Å². The first-order chi connectivity index (χ1) is 6.93. The average molecular weight is 207 g/mol. The molecular weight excluding hydrogens is 190 g/mol. The molecular formula is C12H17NO2. The fourth-order valence-electron chi connectivity index (χ4n) is 1.34. The van der Waals surface area contributed by atoms with E-state index >= 15 is 0 Å². The standard InChI is InChI=1S/C12H17NO2/c1-8(2)13(4)10-5-6-11(9(3)14)12(15)7-10/h5-8,15H,1-4H3. The normalized spacial score (nSPS) is 10.5. The fourth-order valence-corrected chi connectivity index (χ4v) is 1.34. The Kier molecular flexibility index (Phi) is 3.35. The maximum Gasteiger partial charge on any atom is 0.163 e. The number of aromatic hydroxyl groups is 1. The summed E-state index contributed by atoms with van der Waals surface area (Å²) >= 11 is 0. The van der Waals surface area contributed by atoms with Crippen molar-refractivity contribution in [1.82, 2.24) is 0 Å². The van der Waals surface area contributed by atoms with Crippen molar-refractivity contribution in [2.75, 3.05) is 11.9 Å². The highest BCUT2D eigenvalue weighted by Crippen LogP contribution is 2.25. The topological polar surface area (TPSA) is 40.5 Å². The Labute approximate surface area is 90.3 Å². The van der Waals surface area contributed by atoms with Gasteiger partial charge in [-0.05, 0) is 32.9 Å². The van der Waals surface area contributed by atoms with Gasteiger partial charge in [0.25, 0.3) is 0 Å². The predicted octanol–water partition coefficient (Wildman–Crippen LogP) is 2.44. The Morgan fingerprint density at radius 3 is 2.40 bits per heavy atom. The molecule has 0 aromatic heterocycles. The van der Waals surface area contributed by atoms with E-state index in [-0.39, 0.29) is 11.5 Å². The van der Waals surface area contributed by atoms with Crippen LogP contribution in [0.2, 0.25) is 0 Å². The van der Waals surface area contributed by atoms with Crippen LogP contribution < -0.4 is 4.90 Å². The number of phenolic OH excluding ortho intramolecular Hbond substituents is 1. The largest absolute Gasteiger partial charge is 0.507 e. The maximum absolute atomic E-state index is 11.1. The summed E-state index contributed by atoms with van der Waals surface area (Å²) in [5, 5.41) is 9.64. The van der Waals surface area contributed by atoms with Gasteiger partial charge in [0.2, 0.25) is 0 Å². The number of carbonyl (C=O) groups excluding carboxylic acids is 1. The van der Waals surface area contributed by atoms with Crippen LogP contribution in [0.3, 0.4) is 0 Å². The van der Waals surface area contributed by atoms with Gasteiger partial charge in [-0.1, -0.05) is 0 Å². The average Bonchev–Trinajstić information content (AvgIpc) is 2.15. The van der Waals surface area contributed by atoms with Gasteiger partial charge in [0.1, 0.15) is 5.75 Å². The summed E-state index contributed by atoms with van der Waals surface area (Å²) in [5.41, 5.74) is 1.28. The molecule has 0 spiro atoms. The molecule has 82 valence electrons. The van der Waals surface area contributed by atoms with Crippen LogP contribution in [-0.4, -0.2) is 24.0 Å². The van der Waals surface area contributed by atoms with E-state index in [1.54, 1.807) is 12.1 Å². The Bertz CT molecular complexity index is 372. The highest BCUT2D eigenvalue weighted by molar-refractivity contribution is 5.97. The lowest BCUT2D eigenvalue weighted by atomic mass is 10.1. The highest BCUT2D eigenvalue weighted by Gasteiger charge is 2.10. The van der Waals surface area contributed by atoms with Gasteiger partial charge in [0.05, 0.1) is 5.56 Å². The predicted molar refractivity (Wildman–Crippen MR) is 61.7 cm³/mol. The third kappa shape index (κ3) is 2.49. The molecule has 3 heteroatoms. The lowest BCUT2D eigenvalue weighted by Crippen LogP contribution is -2.25. The van der Waals surface area contributed by atoms with E-state index in [1.807, 2.05) is 18.0 Å². The number of carbonyl (C=O) groups is 1. The van der Waals surface area contributed by atoms with Crippen molar-refractivity contribution >= 4 is 11.5 Å². The van der Waals surface area contributed by atoms with E-state index in [1.165, 1.54) is 6.92 Å². The number of benzene rings is 1. The molecule has 0 fully saturated rings. The van der Waals surface area contributed by atoms with Crippen molar-refractivity contribution in [3.05, 3.63) is 23.8 Å². The summed E-state index contributed by atoms with van der Waals surface area (Å²) in [6, 6.07) is 5.48. The van der Waals surface area contributed by atoms with Crippen LogP contribution in [0.5, 0.6) is 5.75 Å². The number of ketones is 1. The molecule has 0 aliphatic heterocycles. The molecule has 1 rings (SSSR count). The van der Waals surface area contributed by atoms with Crippen LogP contribution in [0.1, 0.15) is 31.1 Å². The lowest BCUT2D eigenvalue weighted by Gasteiger charge is -2.24. The third-order valence-corrected chi connectivity index (χ3v) is 2.54. The fraction of sp³-hybridized carbons (Fsp3) is 0.417. The molecule has 0 unspecified atom stereocenters. The molecule has 0 radical (unpaired) electrons. The van der Waals surface area contributed by atoms with Crippen LogP contribution in [0, 0.1) is 0 Å². The van der Waals surface area contributed by atoms with Crippen LogP contribution in [-0.2, 0) is 0 Å². The summed E-state index contributed by atoms with van der Waals surface area (Å²) < 4.78 is 0. The Balaban J connectivity index is 3.06. The van der Waals surface area contributed by atoms with Crippen LogP contribution in [0.15, 0.2) is 18.2 Å². The van der Waals surface area contributed by atoms with Crippen LogP contribution >= 0.6 is 0 Å². The first-order valence-electron chi connectivity index (χ1n) is 5.00. The van der Waals surface area contributed by atoms with Gasteiger partial charge < -0.3 is 10.0 Å². The minimum atomic E-state index is -0.119. The molecule has 1 N–H and O–H groups in total. The number of rotatable bonds is 3. The lowest BCUT2D eigenvalue weighted by molar-refractivity contribution is 0.101. The molecule has 1 aromatic rings. The van der Waals surface area contributed by atoms with E-state index < -0.39 is 0 Å². The summed E-state index contributed by atoms with van der Waals surface area (Å²) in [6.45, 7) is 5.58. The quantitative estimate of drug-likeness (QED) is 0.774. The molecule has 0 atom stereocenters. The van der Waals surface area contributed by atoms with Crippen molar-refractivity contribution in [2.24, 2.45) is 0 Å². The van der Waals surface area contributed by atoms with Gasteiger partial charge in [0.15, 0.2) is 5.78 Å². The van der Waals surface area contributed by atoms with E-state index in [2.05, 4.69) is 13.8 Å². The molecule has 0 saturated carbocycles. The summed E-state index contributed by atoms with van der Waals surface area (Å²) in [5.74, 6) is -0.0706. The highest BCUT2D eigenvalue weighted by atomic mass is 16.3. The monoisotopic (exact) mass is 207 g/mol. The minimum absolute atomic E-state index is 0.0486. The number of Topliss-reactive ketones (excluding diaryl/α,β-unsaturated/α-hetero) is 1. The second kappa shape index (κ2) is 4.34. The second-order valence-corrected chi connectivity index (χ2v) is 3.96. The van der Waals surface area contributed by atoms with Crippen molar-refractivity contribution in [2.45, 2.75) is 26.8 Å². The SMILES string of the molecule is CC(=O)c1ccc(N(C)C(C)C)cc1O. The first-order valence-corrected chi connectivity index (χ1v) is 5.00. The number of anilines is 1. The maximum atomic E-state index is 11.1. The molecule has 0 aliphatic carbocycles. The molecule has 0 amide bonds. The zero-order valence-electron chi connectivity index (χ0n) is 9.61. The van der Waals surface area contributed by atoms with Crippen LogP contribution in [0.25, 0.3) is 0 Å². The number of nitrogens with zero attached hydrogens (tertiary/aromatic N) is 1. The van der Waals surface area contributed by atoms with E-state index in [0.717, 1.165) is 5.69 Å². The Morgan fingerprint density at radius 2 is 2.00 bits per heavy atom. The smallest absolute Gasteiger partial charge is 0.163 e. The van der Waals surface area contributed by atoms with Gasteiger partial charge in [0, 0.05) is 24.8 Å². The molecule has 15 heavy (non-hydrogen) atoms. The number of hydrogen-bond acceptors (Lipinski definition) is 3. The zero-order chi connectivity index (χ0) is 11.6. The number of phenols is 1. The van der Waals surface area contributed by atoms with Gasteiger partial charge >= 0.3 is 0 Å². The Morgan fingerprint density at radius 1 is 1.40 bits per heavy atom. The summed E-state index contributed by atoms with van der Waals surface area (Å²) in [4.78, 5) is 13.1. The summed E-state index contributed by atoms with van der Waals surface area (Å²) in [6.07, 6.45) is 0. The minimum Gasteiger partial charge on any atom is -0.507 e. The molecule has 0 bridgehead atoms. The van der Waals surface area contributed by atoms with Gasteiger partial charge in [-0.15, -0.1) is 0 Å².